The summed E-state index contributed by atoms with van der Waals surface area (Å²) in [5.41, 5.74) is 2.78. The van der Waals surface area contributed by atoms with Gasteiger partial charge in [-0.1, -0.05) is 36.1 Å². The van der Waals surface area contributed by atoms with Crippen molar-refractivity contribution >= 4 is 61.5 Å². The predicted octanol–water partition coefficient (Wildman–Crippen LogP) is 6.05. The van der Waals surface area contributed by atoms with E-state index in [2.05, 4.69) is 22.2 Å². The number of amides is 4. The number of urea groups is 1. The second-order valence-corrected chi connectivity index (χ2v) is 10.4. The van der Waals surface area contributed by atoms with Gasteiger partial charge in [-0.05, 0) is 61.4 Å². The number of para-hydroxylation sites is 1. The molecule has 0 spiro atoms. The molecule has 0 unspecified atom stereocenters. The highest BCUT2D eigenvalue weighted by molar-refractivity contribution is 7.23. The summed E-state index contributed by atoms with van der Waals surface area (Å²) < 4.78 is 5.96. The van der Waals surface area contributed by atoms with Crippen molar-refractivity contribution < 1.29 is 19.1 Å². The maximum atomic E-state index is 13.5. The quantitative estimate of drug-likeness (QED) is 0.290. The van der Waals surface area contributed by atoms with Crippen LogP contribution in [0.3, 0.4) is 0 Å². The zero-order chi connectivity index (χ0) is 27.1. The average molecular weight is 540 g/mol. The smallest absolute Gasteiger partial charge is 0.331 e. The van der Waals surface area contributed by atoms with E-state index >= 15 is 0 Å². The van der Waals surface area contributed by atoms with E-state index < -0.39 is 0 Å². The van der Waals surface area contributed by atoms with Gasteiger partial charge in [0, 0.05) is 19.3 Å². The second kappa shape index (κ2) is 9.88. The Kier molecular flexibility index (Phi) is 6.24. The number of benzene rings is 2. The molecule has 2 aliphatic heterocycles. The number of nitrogens with zero attached hydrogens (tertiary/aromatic N) is 3. The van der Waals surface area contributed by atoms with Crippen LogP contribution in [-0.4, -0.2) is 40.8 Å². The van der Waals surface area contributed by atoms with E-state index in [1.165, 1.54) is 17.4 Å². The Morgan fingerprint density at radius 3 is 2.74 bits per heavy atom. The van der Waals surface area contributed by atoms with Gasteiger partial charge in [0.15, 0.2) is 0 Å². The third-order valence-corrected chi connectivity index (χ3v) is 7.93. The lowest BCUT2D eigenvalue weighted by molar-refractivity contribution is -0.125. The van der Waals surface area contributed by atoms with Crippen LogP contribution in [0.4, 0.5) is 26.9 Å². The molecule has 1 fully saturated rings. The first-order valence-corrected chi connectivity index (χ1v) is 13.3. The minimum absolute atomic E-state index is 0.182. The fourth-order valence-electron chi connectivity index (χ4n) is 5.00. The molecule has 2 aliphatic rings. The molecule has 2 N–H and O–H groups in total. The van der Waals surface area contributed by atoms with Crippen LogP contribution in [0.5, 0.6) is 11.5 Å². The molecule has 4 aromatic rings. The molecule has 196 valence electrons. The predicted molar refractivity (Wildman–Crippen MR) is 152 cm³/mol. The number of anilines is 4. The fourth-order valence-corrected chi connectivity index (χ4v) is 6.02. The number of nitrogens with one attached hydrogen (secondary N) is 2. The molecular formula is C29H25N5O4S. The Morgan fingerprint density at radius 2 is 1.97 bits per heavy atom. The number of hydrogen-bond acceptors (Lipinski definition) is 6. The number of rotatable bonds is 6. The van der Waals surface area contributed by atoms with Crippen molar-refractivity contribution in [2.45, 2.75) is 13.3 Å². The molecule has 0 aliphatic carbocycles. The SMILES string of the molecule is C=CC(=O)N1CC[C@@H](C(=O)Nc2sc3nccc4c3c2NC(=O)N4c2ccc(Oc3ccccc3)cc2C)C1. The number of aryl methyl sites for hydroxylation is 1. The Morgan fingerprint density at radius 1 is 1.15 bits per heavy atom. The maximum absolute atomic E-state index is 13.5. The summed E-state index contributed by atoms with van der Waals surface area (Å²) in [6.07, 6.45) is 3.49. The molecule has 2 aromatic carbocycles. The number of ether oxygens (including phenoxy) is 1. The molecule has 1 atom stereocenters. The topological polar surface area (TPSA) is 104 Å². The minimum Gasteiger partial charge on any atom is -0.457 e. The zero-order valence-corrected chi connectivity index (χ0v) is 22.0. The largest absolute Gasteiger partial charge is 0.457 e. The van der Waals surface area contributed by atoms with Crippen LogP contribution < -0.4 is 20.3 Å². The Hall–Kier alpha value is -4.70. The summed E-state index contributed by atoms with van der Waals surface area (Å²) in [4.78, 5) is 46.9. The van der Waals surface area contributed by atoms with Gasteiger partial charge in [-0.2, -0.15) is 0 Å². The summed E-state index contributed by atoms with van der Waals surface area (Å²) >= 11 is 1.31. The molecule has 1 saturated heterocycles. The lowest BCUT2D eigenvalue weighted by Gasteiger charge is -2.29. The van der Waals surface area contributed by atoms with Gasteiger partial charge in [0.25, 0.3) is 0 Å². The van der Waals surface area contributed by atoms with Crippen molar-refractivity contribution in [3.8, 4) is 11.5 Å². The number of pyridine rings is 1. The van der Waals surface area contributed by atoms with Crippen molar-refractivity contribution in [1.29, 1.82) is 0 Å². The van der Waals surface area contributed by atoms with E-state index in [1.54, 1.807) is 22.1 Å². The van der Waals surface area contributed by atoms with E-state index in [-0.39, 0.29) is 23.8 Å². The molecule has 4 amide bonds. The Bertz CT molecular complexity index is 1630. The summed E-state index contributed by atoms with van der Waals surface area (Å²) in [6.45, 7) is 6.29. The molecule has 9 nitrogen and oxygen atoms in total. The van der Waals surface area contributed by atoms with Gasteiger partial charge in [0.2, 0.25) is 11.8 Å². The summed E-state index contributed by atoms with van der Waals surface area (Å²) in [7, 11) is 0. The van der Waals surface area contributed by atoms with Gasteiger partial charge < -0.3 is 20.3 Å². The second-order valence-electron chi connectivity index (χ2n) is 9.41. The first kappa shape index (κ1) is 24.6. The van der Waals surface area contributed by atoms with Crippen molar-refractivity contribution in [1.82, 2.24) is 9.88 Å². The summed E-state index contributed by atoms with van der Waals surface area (Å²) in [6, 6.07) is 16.5. The highest BCUT2D eigenvalue weighted by Crippen LogP contribution is 2.49. The Balaban J connectivity index is 1.29. The molecule has 0 saturated carbocycles. The van der Waals surface area contributed by atoms with E-state index in [0.717, 1.165) is 16.7 Å². The third kappa shape index (κ3) is 4.48. The first-order chi connectivity index (χ1) is 18.9. The van der Waals surface area contributed by atoms with Gasteiger partial charge >= 0.3 is 6.03 Å². The van der Waals surface area contributed by atoms with Crippen LogP contribution in [-0.2, 0) is 9.59 Å². The zero-order valence-electron chi connectivity index (χ0n) is 21.1. The van der Waals surface area contributed by atoms with Crippen molar-refractivity contribution in [2.75, 3.05) is 28.6 Å². The highest BCUT2D eigenvalue weighted by atomic mass is 32.1. The van der Waals surface area contributed by atoms with E-state index in [4.69, 9.17) is 4.74 Å². The van der Waals surface area contributed by atoms with Crippen LogP contribution in [0, 0.1) is 12.8 Å². The van der Waals surface area contributed by atoms with Gasteiger partial charge in [-0.15, -0.1) is 0 Å². The molecule has 0 radical (unpaired) electrons. The molecule has 39 heavy (non-hydrogen) atoms. The third-order valence-electron chi connectivity index (χ3n) is 6.92. The van der Waals surface area contributed by atoms with Gasteiger partial charge in [0.05, 0.1) is 28.4 Å². The molecule has 6 rings (SSSR count). The lowest BCUT2D eigenvalue weighted by atomic mass is 10.1. The van der Waals surface area contributed by atoms with E-state index in [0.29, 0.717) is 52.2 Å². The van der Waals surface area contributed by atoms with Gasteiger partial charge in [-0.3, -0.25) is 14.5 Å². The number of thiophene rings is 1. The molecule has 10 heteroatoms. The monoisotopic (exact) mass is 539 g/mol. The lowest BCUT2D eigenvalue weighted by Crippen LogP contribution is -2.34. The fraction of sp³-hybridized carbons (Fsp3) is 0.172. The number of aromatic nitrogens is 1. The minimum atomic E-state index is -0.340. The van der Waals surface area contributed by atoms with E-state index in [9.17, 15) is 14.4 Å². The number of carbonyl (C=O) groups is 3. The summed E-state index contributed by atoms with van der Waals surface area (Å²) in [5.74, 6) is 0.681. The van der Waals surface area contributed by atoms with Crippen LogP contribution in [0.25, 0.3) is 10.2 Å². The van der Waals surface area contributed by atoms with E-state index in [1.807, 2.05) is 55.5 Å². The van der Waals surface area contributed by atoms with Crippen LogP contribution in [0.15, 0.2) is 73.4 Å². The van der Waals surface area contributed by atoms with Crippen molar-refractivity contribution in [3.63, 3.8) is 0 Å². The molecular weight excluding hydrogens is 514 g/mol. The van der Waals surface area contributed by atoms with Gasteiger partial charge in [0.1, 0.15) is 21.3 Å². The standard InChI is InChI=1S/C29H25N5O4S/c1-3-23(35)33-14-12-18(16-33)26(36)32-28-25-24-22(11-13-30-27(24)39-28)34(29(37)31-25)21-10-9-20(15-17(21)2)38-19-7-5-4-6-8-19/h3-11,13,15,18H,1,12,14,16H2,2H3,(H,31,37)(H,32,36)/t18-/m1/s1. The summed E-state index contributed by atoms with van der Waals surface area (Å²) in [5, 5.41) is 7.23. The highest BCUT2D eigenvalue weighted by Gasteiger charge is 2.34. The number of likely N-dealkylation sites (tertiary alicyclic amines) is 1. The normalized spacial score (nSPS) is 16.2. The first-order valence-electron chi connectivity index (χ1n) is 12.5. The number of hydrogen-bond donors (Lipinski definition) is 2. The molecule has 4 heterocycles. The maximum Gasteiger partial charge on any atom is 0.331 e. The molecule has 0 bridgehead atoms. The average Bonchev–Trinajstić information content (AvgIpc) is 3.56. The van der Waals surface area contributed by atoms with Crippen LogP contribution in [0.2, 0.25) is 0 Å². The van der Waals surface area contributed by atoms with Crippen LogP contribution >= 0.6 is 11.3 Å². The van der Waals surface area contributed by atoms with Gasteiger partial charge in [-0.25, -0.2) is 9.78 Å². The van der Waals surface area contributed by atoms with Crippen LogP contribution in [0.1, 0.15) is 12.0 Å². The van der Waals surface area contributed by atoms with Crippen molar-refractivity contribution in [3.05, 3.63) is 79.0 Å². The molecule has 2 aromatic heterocycles. The Labute approximate surface area is 228 Å². The number of carbonyl (C=O) groups excluding carboxylic acids is 3. The van der Waals surface area contributed by atoms with Crippen molar-refractivity contribution in [2.24, 2.45) is 5.92 Å².